The minimum Gasteiger partial charge on any atom is -0.382 e. The lowest BCUT2D eigenvalue weighted by atomic mass is 9.93. The van der Waals surface area contributed by atoms with Gasteiger partial charge in [-0.1, -0.05) is 12.1 Å². The van der Waals surface area contributed by atoms with Crippen LogP contribution in [0.1, 0.15) is 19.3 Å². The maximum atomic E-state index is 4.15. The molecule has 1 aliphatic carbocycles. The highest BCUT2D eigenvalue weighted by Crippen LogP contribution is 2.25. The van der Waals surface area contributed by atoms with Crippen molar-refractivity contribution < 1.29 is 0 Å². The van der Waals surface area contributed by atoms with Crippen LogP contribution in [-0.4, -0.2) is 21.2 Å². The molecule has 0 bridgehead atoms. The molecule has 4 nitrogen and oxygen atoms in total. The van der Waals surface area contributed by atoms with E-state index in [4.69, 9.17) is 0 Å². The summed E-state index contributed by atoms with van der Waals surface area (Å²) >= 11 is 0. The number of anilines is 1. The number of benzene rings is 1. The van der Waals surface area contributed by atoms with Crippen LogP contribution in [0.2, 0.25) is 0 Å². The van der Waals surface area contributed by atoms with Crippen molar-refractivity contribution in [3.8, 4) is 11.4 Å². The Hall–Kier alpha value is -1.84. The highest BCUT2D eigenvalue weighted by molar-refractivity contribution is 5.62. The summed E-state index contributed by atoms with van der Waals surface area (Å²) in [5.74, 6) is 0.817. The highest BCUT2D eigenvalue weighted by Gasteiger charge is 2.16. The Labute approximate surface area is 94.1 Å². The molecule has 0 unspecified atom stereocenters. The number of nitrogens with zero attached hydrogens (tertiary/aromatic N) is 2. The van der Waals surface area contributed by atoms with Crippen molar-refractivity contribution in [2.75, 3.05) is 5.32 Å². The number of hydrogen-bond acceptors (Lipinski definition) is 3. The van der Waals surface area contributed by atoms with Gasteiger partial charge in [-0.2, -0.15) is 5.10 Å². The van der Waals surface area contributed by atoms with Gasteiger partial charge in [-0.05, 0) is 31.4 Å². The lowest BCUT2D eigenvalue weighted by Gasteiger charge is -2.27. The number of rotatable bonds is 3. The van der Waals surface area contributed by atoms with Crippen molar-refractivity contribution in [2.45, 2.75) is 25.3 Å². The zero-order valence-corrected chi connectivity index (χ0v) is 8.98. The second-order valence-corrected chi connectivity index (χ2v) is 4.19. The summed E-state index contributed by atoms with van der Waals surface area (Å²) < 4.78 is 0. The second kappa shape index (κ2) is 3.96. The molecule has 0 saturated heterocycles. The molecule has 0 amide bonds. The molecule has 0 aliphatic heterocycles. The van der Waals surface area contributed by atoms with E-state index in [9.17, 15) is 0 Å². The third-order valence-corrected chi connectivity index (χ3v) is 3.03. The van der Waals surface area contributed by atoms with Crippen molar-refractivity contribution in [3.05, 3.63) is 30.6 Å². The third-order valence-electron chi connectivity index (χ3n) is 3.03. The molecule has 1 aromatic heterocycles. The average Bonchev–Trinajstić information content (AvgIpc) is 2.77. The number of H-pyrrole nitrogens is 1. The van der Waals surface area contributed by atoms with Crippen LogP contribution in [0.25, 0.3) is 11.4 Å². The molecule has 1 saturated carbocycles. The maximum Gasteiger partial charge on any atom is 0.155 e. The Kier molecular flexibility index (Phi) is 2.33. The molecule has 16 heavy (non-hydrogen) atoms. The normalized spacial score (nSPS) is 15.8. The first-order chi connectivity index (χ1) is 7.92. The highest BCUT2D eigenvalue weighted by atomic mass is 15.2. The van der Waals surface area contributed by atoms with Crippen LogP contribution in [0, 0.1) is 0 Å². The van der Waals surface area contributed by atoms with E-state index in [1.807, 2.05) is 12.1 Å². The molecule has 0 spiro atoms. The van der Waals surface area contributed by atoms with Crippen LogP contribution in [0.4, 0.5) is 5.69 Å². The smallest absolute Gasteiger partial charge is 0.155 e. The monoisotopic (exact) mass is 214 g/mol. The standard InChI is InChI=1S/C12H14N4/c1-3-9(12-13-8-14-16-12)7-11(6-1)15-10-4-2-5-10/h1,3,6-8,10,15H,2,4-5H2,(H,13,14,16). The topological polar surface area (TPSA) is 53.6 Å². The Morgan fingerprint density at radius 3 is 2.94 bits per heavy atom. The van der Waals surface area contributed by atoms with Crippen LogP contribution < -0.4 is 5.32 Å². The van der Waals surface area contributed by atoms with E-state index >= 15 is 0 Å². The molecule has 1 aliphatic rings. The number of aromatic nitrogens is 3. The van der Waals surface area contributed by atoms with E-state index < -0.39 is 0 Å². The van der Waals surface area contributed by atoms with Crippen molar-refractivity contribution in [1.29, 1.82) is 0 Å². The quantitative estimate of drug-likeness (QED) is 0.825. The summed E-state index contributed by atoms with van der Waals surface area (Å²) in [6, 6.07) is 8.94. The molecule has 1 fully saturated rings. The lowest BCUT2D eigenvalue weighted by Crippen LogP contribution is -2.26. The Morgan fingerprint density at radius 2 is 2.25 bits per heavy atom. The van der Waals surface area contributed by atoms with Gasteiger partial charge in [0.25, 0.3) is 0 Å². The molecule has 0 atom stereocenters. The third kappa shape index (κ3) is 1.78. The number of nitrogens with one attached hydrogen (secondary N) is 2. The van der Waals surface area contributed by atoms with E-state index in [0.717, 1.165) is 11.4 Å². The first-order valence-corrected chi connectivity index (χ1v) is 5.64. The SMILES string of the molecule is c1cc(NC2CCC2)cc(-c2ncn[nH]2)c1. The van der Waals surface area contributed by atoms with Gasteiger partial charge in [-0.15, -0.1) is 0 Å². The number of hydrogen-bond donors (Lipinski definition) is 2. The van der Waals surface area contributed by atoms with Crippen molar-refractivity contribution in [1.82, 2.24) is 15.2 Å². The van der Waals surface area contributed by atoms with Gasteiger partial charge < -0.3 is 5.32 Å². The van der Waals surface area contributed by atoms with E-state index in [2.05, 4.69) is 32.6 Å². The van der Waals surface area contributed by atoms with E-state index in [-0.39, 0.29) is 0 Å². The van der Waals surface area contributed by atoms with Gasteiger partial charge in [-0.25, -0.2) is 4.98 Å². The summed E-state index contributed by atoms with van der Waals surface area (Å²) in [6.07, 6.45) is 5.44. The molecule has 1 heterocycles. The molecule has 0 radical (unpaired) electrons. The Morgan fingerprint density at radius 1 is 1.31 bits per heavy atom. The van der Waals surface area contributed by atoms with Crippen LogP contribution in [0.3, 0.4) is 0 Å². The van der Waals surface area contributed by atoms with Crippen LogP contribution in [-0.2, 0) is 0 Å². The van der Waals surface area contributed by atoms with Gasteiger partial charge in [0.2, 0.25) is 0 Å². The average molecular weight is 214 g/mol. The fourth-order valence-corrected chi connectivity index (χ4v) is 1.89. The van der Waals surface area contributed by atoms with Crippen molar-refractivity contribution in [3.63, 3.8) is 0 Å². The minimum absolute atomic E-state index is 0.657. The predicted octanol–water partition coefficient (Wildman–Crippen LogP) is 2.44. The van der Waals surface area contributed by atoms with Gasteiger partial charge in [-0.3, -0.25) is 5.10 Å². The van der Waals surface area contributed by atoms with Gasteiger partial charge in [0.1, 0.15) is 6.33 Å². The molecule has 3 rings (SSSR count). The van der Waals surface area contributed by atoms with Gasteiger partial charge in [0.15, 0.2) is 5.82 Å². The van der Waals surface area contributed by atoms with Crippen molar-refractivity contribution >= 4 is 5.69 Å². The molecule has 2 N–H and O–H groups in total. The Balaban J connectivity index is 1.82. The summed E-state index contributed by atoms with van der Waals surface area (Å²) in [5.41, 5.74) is 2.24. The molecule has 82 valence electrons. The lowest BCUT2D eigenvalue weighted by molar-refractivity contribution is 0.445. The zero-order valence-electron chi connectivity index (χ0n) is 8.98. The largest absolute Gasteiger partial charge is 0.382 e. The molecular weight excluding hydrogens is 200 g/mol. The molecule has 4 heteroatoms. The maximum absolute atomic E-state index is 4.15. The summed E-state index contributed by atoms with van der Waals surface area (Å²) in [4.78, 5) is 4.15. The van der Waals surface area contributed by atoms with Gasteiger partial charge >= 0.3 is 0 Å². The van der Waals surface area contributed by atoms with Crippen LogP contribution in [0.5, 0.6) is 0 Å². The summed E-state index contributed by atoms with van der Waals surface area (Å²) in [7, 11) is 0. The van der Waals surface area contributed by atoms with E-state index in [0.29, 0.717) is 6.04 Å². The predicted molar refractivity (Wildman–Crippen MR) is 63.1 cm³/mol. The summed E-state index contributed by atoms with van der Waals surface area (Å²) in [5, 5.41) is 10.3. The molecular formula is C12H14N4. The summed E-state index contributed by atoms with van der Waals surface area (Å²) in [6.45, 7) is 0. The van der Waals surface area contributed by atoms with E-state index in [1.54, 1.807) is 0 Å². The van der Waals surface area contributed by atoms with Crippen LogP contribution >= 0.6 is 0 Å². The van der Waals surface area contributed by atoms with Crippen LogP contribution in [0.15, 0.2) is 30.6 Å². The zero-order chi connectivity index (χ0) is 10.8. The fraction of sp³-hybridized carbons (Fsp3) is 0.333. The fourth-order valence-electron chi connectivity index (χ4n) is 1.89. The number of aromatic amines is 1. The first-order valence-electron chi connectivity index (χ1n) is 5.64. The van der Waals surface area contributed by atoms with Gasteiger partial charge in [0.05, 0.1) is 0 Å². The van der Waals surface area contributed by atoms with E-state index in [1.165, 1.54) is 31.3 Å². The molecule has 2 aromatic rings. The minimum atomic E-state index is 0.657. The van der Waals surface area contributed by atoms with Gasteiger partial charge in [0, 0.05) is 17.3 Å². The van der Waals surface area contributed by atoms with Crippen molar-refractivity contribution in [2.24, 2.45) is 0 Å². The second-order valence-electron chi connectivity index (χ2n) is 4.19. The Bertz CT molecular complexity index is 460. The first kappa shape index (κ1) is 9.39. The molecule has 1 aromatic carbocycles.